The van der Waals surface area contributed by atoms with E-state index < -0.39 is 0 Å². The third kappa shape index (κ3) is 4.88. The largest absolute Gasteiger partial charge is 0.360 e. The lowest BCUT2D eigenvalue weighted by Crippen LogP contribution is -2.39. The summed E-state index contributed by atoms with van der Waals surface area (Å²) in [4.78, 5) is 14.3. The molecule has 2 aromatic rings. The van der Waals surface area contributed by atoms with E-state index in [1.165, 1.54) is 24.8 Å². The molecule has 0 saturated heterocycles. The first-order valence-electron chi connectivity index (χ1n) is 8.99. The molecule has 1 aromatic carbocycles. The van der Waals surface area contributed by atoms with E-state index in [9.17, 15) is 4.79 Å². The van der Waals surface area contributed by atoms with Crippen LogP contribution in [0.25, 0.3) is 11.3 Å². The second-order valence-electron chi connectivity index (χ2n) is 6.83. The molecule has 1 heterocycles. The third-order valence-corrected chi connectivity index (χ3v) is 5.83. The third-order valence-electron chi connectivity index (χ3n) is 4.89. The van der Waals surface area contributed by atoms with Crippen LogP contribution in [-0.4, -0.2) is 34.8 Å². The van der Waals surface area contributed by atoms with E-state index in [2.05, 4.69) is 24.2 Å². The number of aromatic nitrogens is 1. The predicted molar refractivity (Wildman–Crippen MR) is 102 cm³/mol. The number of hydrogen-bond donors (Lipinski definition) is 0. The van der Waals surface area contributed by atoms with Crippen LogP contribution in [-0.2, 0) is 10.5 Å². The molecule has 5 heteroatoms. The van der Waals surface area contributed by atoms with Gasteiger partial charge in [-0.3, -0.25) is 4.79 Å². The Bertz CT molecular complexity index is 690. The first kappa shape index (κ1) is 18.1. The van der Waals surface area contributed by atoms with Crippen LogP contribution in [0.1, 0.15) is 43.4 Å². The predicted octanol–water partition coefficient (Wildman–Crippen LogP) is 4.67. The molecule has 1 saturated carbocycles. The lowest BCUT2D eigenvalue weighted by atomic mass is 9.94. The van der Waals surface area contributed by atoms with Crippen LogP contribution in [0.4, 0.5) is 0 Å². The zero-order valence-electron chi connectivity index (χ0n) is 15.0. The smallest absolute Gasteiger partial charge is 0.232 e. The van der Waals surface area contributed by atoms with Crippen LogP contribution >= 0.6 is 11.8 Å². The summed E-state index contributed by atoms with van der Waals surface area (Å²) in [5, 5.41) is 4.14. The highest BCUT2D eigenvalue weighted by Crippen LogP contribution is 2.24. The van der Waals surface area contributed by atoms with Gasteiger partial charge in [-0.15, -0.1) is 11.8 Å². The molecule has 1 aromatic heterocycles. The monoisotopic (exact) mass is 358 g/mol. The van der Waals surface area contributed by atoms with E-state index in [-0.39, 0.29) is 5.91 Å². The molecule has 0 atom stereocenters. The van der Waals surface area contributed by atoms with Gasteiger partial charge in [0.1, 0.15) is 11.5 Å². The molecular weight excluding hydrogens is 332 g/mol. The number of amides is 1. The number of benzene rings is 1. The van der Waals surface area contributed by atoms with E-state index in [1.807, 2.05) is 30.1 Å². The van der Waals surface area contributed by atoms with Gasteiger partial charge in [-0.1, -0.05) is 54.2 Å². The molecule has 0 bridgehead atoms. The molecule has 4 nitrogen and oxygen atoms in total. The van der Waals surface area contributed by atoms with Gasteiger partial charge in [0.05, 0.1) is 11.5 Å². The van der Waals surface area contributed by atoms with Gasteiger partial charge in [0.2, 0.25) is 5.91 Å². The van der Waals surface area contributed by atoms with E-state index in [1.54, 1.807) is 11.8 Å². The molecule has 1 amide bonds. The molecule has 25 heavy (non-hydrogen) atoms. The molecule has 1 aliphatic rings. The van der Waals surface area contributed by atoms with Crippen LogP contribution in [0.3, 0.4) is 0 Å². The molecule has 1 fully saturated rings. The number of hydrogen-bond acceptors (Lipinski definition) is 4. The molecule has 0 N–H and O–H groups in total. The second kappa shape index (κ2) is 8.56. The Morgan fingerprint density at radius 2 is 1.96 bits per heavy atom. The zero-order valence-corrected chi connectivity index (χ0v) is 15.8. The van der Waals surface area contributed by atoms with Crippen molar-refractivity contribution >= 4 is 17.7 Å². The van der Waals surface area contributed by atoms with Crippen LogP contribution in [0.2, 0.25) is 0 Å². The highest BCUT2D eigenvalue weighted by Gasteiger charge is 2.21. The summed E-state index contributed by atoms with van der Waals surface area (Å²) in [7, 11) is 1.95. The minimum Gasteiger partial charge on any atom is -0.360 e. The van der Waals surface area contributed by atoms with E-state index in [0.717, 1.165) is 29.9 Å². The van der Waals surface area contributed by atoms with Gasteiger partial charge in [0.25, 0.3) is 0 Å². The topological polar surface area (TPSA) is 46.3 Å². The summed E-state index contributed by atoms with van der Waals surface area (Å²) in [6.45, 7) is 2.07. The van der Waals surface area contributed by atoms with Crippen molar-refractivity contribution in [2.45, 2.75) is 50.8 Å². The number of thioether (sulfide) groups is 1. The van der Waals surface area contributed by atoms with Gasteiger partial charge in [-0.2, -0.15) is 0 Å². The Balaban J connectivity index is 1.47. The maximum absolute atomic E-state index is 12.3. The first-order valence-corrected chi connectivity index (χ1v) is 10.1. The first-order chi connectivity index (χ1) is 12.1. The Kier molecular flexibility index (Phi) is 6.19. The molecule has 0 spiro atoms. The minimum atomic E-state index is 0.218. The van der Waals surface area contributed by atoms with Crippen LogP contribution in [0.15, 0.2) is 34.9 Å². The Morgan fingerprint density at radius 1 is 1.24 bits per heavy atom. The fourth-order valence-electron chi connectivity index (χ4n) is 3.25. The van der Waals surface area contributed by atoms with Gasteiger partial charge >= 0.3 is 0 Å². The van der Waals surface area contributed by atoms with Crippen molar-refractivity contribution < 1.29 is 9.32 Å². The fourth-order valence-corrected chi connectivity index (χ4v) is 4.07. The number of rotatable bonds is 6. The van der Waals surface area contributed by atoms with E-state index in [4.69, 9.17) is 4.52 Å². The molecule has 3 rings (SSSR count). The van der Waals surface area contributed by atoms with Gasteiger partial charge in [-0.05, 0) is 19.8 Å². The number of nitrogens with zero attached hydrogens (tertiary/aromatic N) is 2. The molecule has 1 aliphatic carbocycles. The Morgan fingerprint density at radius 3 is 2.68 bits per heavy atom. The molecule has 0 radical (unpaired) electrons. The lowest BCUT2D eigenvalue weighted by Gasteiger charge is -2.31. The second-order valence-corrected chi connectivity index (χ2v) is 7.82. The standard InChI is InChI=1S/C20H26N2O2S/c1-15-8-10-16(11-9-15)19-12-18(24-21-19)13-25-14-20(23)22(2)17-6-4-3-5-7-17/h8-12,17H,3-7,13-14H2,1-2H3. The quantitative estimate of drug-likeness (QED) is 0.752. The maximum Gasteiger partial charge on any atom is 0.232 e. The maximum atomic E-state index is 12.3. The molecule has 134 valence electrons. The summed E-state index contributed by atoms with van der Waals surface area (Å²) in [5.41, 5.74) is 3.13. The minimum absolute atomic E-state index is 0.218. The number of carbonyl (C=O) groups excluding carboxylic acids is 1. The van der Waals surface area contributed by atoms with E-state index >= 15 is 0 Å². The SMILES string of the molecule is Cc1ccc(-c2cc(CSCC(=O)N(C)C3CCCCC3)on2)cc1. The van der Waals surface area contributed by atoms with Crippen molar-refractivity contribution in [1.82, 2.24) is 10.1 Å². The van der Waals surface area contributed by atoms with Crippen molar-refractivity contribution in [3.8, 4) is 11.3 Å². The molecule has 0 unspecified atom stereocenters. The van der Waals surface area contributed by atoms with Crippen molar-refractivity contribution in [3.05, 3.63) is 41.7 Å². The van der Waals surface area contributed by atoms with Gasteiger partial charge < -0.3 is 9.42 Å². The van der Waals surface area contributed by atoms with Gasteiger partial charge in [0.15, 0.2) is 0 Å². The van der Waals surface area contributed by atoms with Crippen LogP contribution in [0, 0.1) is 6.92 Å². The van der Waals surface area contributed by atoms with E-state index in [0.29, 0.717) is 17.5 Å². The summed E-state index contributed by atoms with van der Waals surface area (Å²) in [6.07, 6.45) is 6.09. The number of carbonyl (C=O) groups is 1. The van der Waals surface area contributed by atoms with Crippen molar-refractivity contribution in [2.24, 2.45) is 0 Å². The van der Waals surface area contributed by atoms with Gasteiger partial charge in [-0.25, -0.2) is 0 Å². The Hall–Kier alpha value is -1.75. The summed E-state index contributed by atoms with van der Waals surface area (Å²) < 4.78 is 5.41. The van der Waals surface area contributed by atoms with Crippen molar-refractivity contribution in [1.29, 1.82) is 0 Å². The van der Waals surface area contributed by atoms with Gasteiger partial charge in [0, 0.05) is 24.7 Å². The van der Waals surface area contributed by atoms with Crippen LogP contribution < -0.4 is 0 Å². The number of aryl methyl sites for hydroxylation is 1. The fraction of sp³-hybridized carbons (Fsp3) is 0.500. The summed E-state index contributed by atoms with van der Waals surface area (Å²) >= 11 is 1.59. The highest BCUT2D eigenvalue weighted by atomic mass is 32.2. The average Bonchev–Trinajstić information content (AvgIpc) is 3.11. The van der Waals surface area contributed by atoms with Crippen LogP contribution in [0.5, 0.6) is 0 Å². The molecule has 0 aliphatic heterocycles. The zero-order chi connectivity index (χ0) is 17.6. The Labute approximate surface area is 154 Å². The van der Waals surface area contributed by atoms with Crippen molar-refractivity contribution in [3.63, 3.8) is 0 Å². The van der Waals surface area contributed by atoms with Crippen molar-refractivity contribution in [2.75, 3.05) is 12.8 Å². The molecular formula is C20H26N2O2S. The average molecular weight is 359 g/mol. The summed E-state index contributed by atoms with van der Waals surface area (Å²) in [5.74, 6) is 2.19. The normalized spacial score (nSPS) is 15.3. The summed E-state index contributed by atoms with van der Waals surface area (Å²) in [6, 6.07) is 10.6. The lowest BCUT2D eigenvalue weighted by molar-refractivity contribution is -0.129. The highest BCUT2D eigenvalue weighted by molar-refractivity contribution is 7.99.